The van der Waals surface area contributed by atoms with Gasteiger partial charge < -0.3 is 16.2 Å². The number of benzene rings is 1. The van der Waals surface area contributed by atoms with Gasteiger partial charge in [-0.15, -0.1) is 0 Å². The van der Waals surface area contributed by atoms with Gasteiger partial charge in [0.15, 0.2) is 0 Å². The van der Waals surface area contributed by atoms with E-state index in [1.54, 1.807) is 12.1 Å². The lowest BCUT2D eigenvalue weighted by atomic mass is 10.1. The molecule has 0 spiro atoms. The molecule has 0 saturated heterocycles. The standard InChI is InChI=1S/C11H16N2O2/c1-8(13)6-9-2-4-10(5-3-9)15-11(14)7-12/h2-5,8H,6-7,12-13H2,1H3/t8-/m1/s1. The molecule has 4 N–H and O–H groups in total. The smallest absolute Gasteiger partial charge is 0.325 e. The van der Waals surface area contributed by atoms with E-state index in [9.17, 15) is 4.79 Å². The average Bonchev–Trinajstić information content (AvgIpc) is 2.20. The number of carbonyl (C=O) groups is 1. The zero-order chi connectivity index (χ0) is 11.3. The van der Waals surface area contributed by atoms with Gasteiger partial charge in [-0.2, -0.15) is 0 Å². The van der Waals surface area contributed by atoms with Gasteiger partial charge in [0.05, 0.1) is 6.54 Å². The molecule has 0 aliphatic carbocycles. The number of rotatable bonds is 4. The third-order valence-electron chi connectivity index (χ3n) is 1.88. The van der Waals surface area contributed by atoms with E-state index < -0.39 is 5.97 Å². The third-order valence-corrected chi connectivity index (χ3v) is 1.88. The number of ether oxygens (including phenoxy) is 1. The maximum absolute atomic E-state index is 10.9. The average molecular weight is 208 g/mol. The molecule has 0 aliphatic rings. The molecule has 4 heteroatoms. The van der Waals surface area contributed by atoms with Crippen LogP contribution in [0.15, 0.2) is 24.3 Å². The van der Waals surface area contributed by atoms with Crippen molar-refractivity contribution in [3.05, 3.63) is 29.8 Å². The Bertz CT molecular complexity index is 320. The topological polar surface area (TPSA) is 78.3 Å². The molecule has 0 aromatic heterocycles. The largest absolute Gasteiger partial charge is 0.426 e. The van der Waals surface area contributed by atoms with Crippen LogP contribution in [0.1, 0.15) is 12.5 Å². The Kier molecular flexibility index (Phi) is 4.27. The van der Waals surface area contributed by atoms with Crippen LogP contribution in [0.5, 0.6) is 5.75 Å². The Hall–Kier alpha value is -1.39. The fraction of sp³-hybridized carbons (Fsp3) is 0.364. The first-order valence-corrected chi connectivity index (χ1v) is 4.87. The molecule has 15 heavy (non-hydrogen) atoms. The second-order valence-electron chi connectivity index (χ2n) is 3.50. The molecule has 0 radical (unpaired) electrons. The van der Waals surface area contributed by atoms with Crippen molar-refractivity contribution in [2.24, 2.45) is 11.5 Å². The molecule has 1 atom stereocenters. The summed E-state index contributed by atoms with van der Waals surface area (Å²) in [5, 5.41) is 0. The van der Waals surface area contributed by atoms with Crippen LogP contribution in [0.3, 0.4) is 0 Å². The lowest BCUT2D eigenvalue weighted by Crippen LogP contribution is -2.19. The highest BCUT2D eigenvalue weighted by Crippen LogP contribution is 2.13. The minimum Gasteiger partial charge on any atom is -0.426 e. The van der Waals surface area contributed by atoms with Crippen molar-refractivity contribution in [3.8, 4) is 5.75 Å². The number of nitrogens with two attached hydrogens (primary N) is 2. The van der Waals surface area contributed by atoms with Gasteiger partial charge in [-0.1, -0.05) is 12.1 Å². The van der Waals surface area contributed by atoms with Gasteiger partial charge in [0.1, 0.15) is 5.75 Å². The van der Waals surface area contributed by atoms with Crippen molar-refractivity contribution in [1.29, 1.82) is 0 Å². The quantitative estimate of drug-likeness (QED) is 0.556. The summed E-state index contributed by atoms with van der Waals surface area (Å²) in [5.41, 5.74) is 11.9. The minimum atomic E-state index is -0.435. The van der Waals surface area contributed by atoms with Crippen molar-refractivity contribution >= 4 is 5.97 Å². The monoisotopic (exact) mass is 208 g/mol. The molecule has 0 unspecified atom stereocenters. The molecule has 0 saturated carbocycles. The minimum absolute atomic E-state index is 0.110. The van der Waals surface area contributed by atoms with Crippen LogP contribution in [0.25, 0.3) is 0 Å². The summed E-state index contributed by atoms with van der Waals surface area (Å²) in [6.45, 7) is 1.84. The summed E-state index contributed by atoms with van der Waals surface area (Å²) < 4.78 is 4.93. The Labute approximate surface area is 89.2 Å². The van der Waals surface area contributed by atoms with E-state index in [2.05, 4.69) is 0 Å². The van der Waals surface area contributed by atoms with Gasteiger partial charge in [0.25, 0.3) is 0 Å². The summed E-state index contributed by atoms with van der Waals surface area (Å²) in [5.74, 6) is 0.0776. The van der Waals surface area contributed by atoms with Crippen molar-refractivity contribution in [2.45, 2.75) is 19.4 Å². The summed E-state index contributed by atoms with van der Waals surface area (Å²) >= 11 is 0. The molecule has 0 aliphatic heterocycles. The molecule has 0 amide bonds. The molecule has 1 rings (SSSR count). The summed E-state index contributed by atoms with van der Waals surface area (Å²) in [7, 11) is 0. The van der Waals surface area contributed by atoms with E-state index in [4.69, 9.17) is 16.2 Å². The van der Waals surface area contributed by atoms with E-state index in [1.165, 1.54) is 0 Å². The Balaban J connectivity index is 2.60. The van der Waals surface area contributed by atoms with E-state index in [-0.39, 0.29) is 12.6 Å². The molecule has 0 heterocycles. The van der Waals surface area contributed by atoms with Crippen LogP contribution in [0, 0.1) is 0 Å². The Morgan fingerprint density at radius 3 is 2.47 bits per heavy atom. The molecule has 1 aromatic rings. The van der Waals surface area contributed by atoms with Crippen LogP contribution >= 0.6 is 0 Å². The van der Waals surface area contributed by atoms with Crippen LogP contribution < -0.4 is 16.2 Å². The number of hydrogen-bond donors (Lipinski definition) is 2. The first kappa shape index (κ1) is 11.7. The van der Waals surface area contributed by atoms with Gasteiger partial charge in [-0.25, -0.2) is 0 Å². The molecule has 4 nitrogen and oxygen atoms in total. The van der Waals surface area contributed by atoms with Gasteiger partial charge in [-0.3, -0.25) is 4.79 Å². The van der Waals surface area contributed by atoms with Gasteiger partial charge >= 0.3 is 5.97 Å². The normalized spacial score (nSPS) is 12.2. The summed E-state index contributed by atoms with van der Waals surface area (Å²) in [4.78, 5) is 10.9. The SMILES string of the molecule is C[C@@H](N)Cc1ccc(OC(=O)CN)cc1. The van der Waals surface area contributed by atoms with Gasteiger partial charge in [-0.05, 0) is 31.0 Å². The highest BCUT2D eigenvalue weighted by Gasteiger charge is 2.02. The lowest BCUT2D eigenvalue weighted by molar-refractivity contribution is -0.132. The summed E-state index contributed by atoms with van der Waals surface area (Å²) in [6, 6.07) is 7.39. The Morgan fingerprint density at radius 1 is 1.40 bits per heavy atom. The first-order valence-electron chi connectivity index (χ1n) is 4.87. The van der Waals surface area contributed by atoms with Gasteiger partial charge in [0, 0.05) is 6.04 Å². The van der Waals surface area contributed by atoms with E-state index in [1.807, 2.05) is 19.1 Å². The van der Waals surface area contributed by atoms with Crippen LogP contribution in [-0.2, 0) is 11.2 Å². The zero-order valence-corrected chi connectivity index (χ0v) is 8.77. The molecular weight excluding hydrogens is 192 g/mol. The summed E-state index contributed by atoms with van der Waals surface area (Å²) in [6.07, 6.45) is 0.811. The fourth-order valence-electron chi connectivity index (χ4n) is 1.24. The second kappa shape index (κ2) is 5.48. The Morgan fingerprint density at radius 2 is 2.00 bits per heavy atom. The number of hydrogen-bond acceptors (Lipinski definition) is 4. The third kappa shape index (κ3) is 4.10. The molecular formula is C11H16N2O2. The predicted molar refractivity (Wildman–Crippen MR) is 58.5 cm³/mol. The molecule has 82 valence electrons. The van der Waals surface area contributed by atoms with E-state index in [0.29, 0.717) is 5.75 Å². The second-order valence-corrected chi connectivity index (χ2v) is 3.50. The predicted octanol–water partition coefficient (Wildman–Crippen LogP) is 0.440. The molecule has 0 fully saturated rings. The van der Waals surface area contributed by atoms with E-state index >= 15 is 0 Å². The van der Waals surface area contributed by atoms with Crippen molar-refractivity contribution in [3.63, 3.8) is 0 Å². The molecule has 1 aromatic carbocycles. The van der Waals surface area contributed by atoms with Gasteiger partial charge in [0.2, 0.25) is 0 Å². The van der Waals surface area contributed by atoms with Crippen molar-refractivity contribution in [1.82, 2.24) is 0 Å². The zero-order valence-electron chi connectivity index (χ0n) is 8.77. The maximum atomic E-state index is 10.9. The number of esters is 1. The van der Waals surface area contributed by atoms with Crippen molar-refractivity contribution in [2.75, 3.05) is 6.54 Å². The lowest BCUT2D eigenvalue weighted by Gasteiger charge is -2.06. The molecule has 0 bridgehead atoms. The van der Waals surface area contributed by atoms with Crippen LogP contribution in [-0.4, -0.2) is 18.6 Å². The highest BCUT2D eigenvalue weighted by atomic mass is 16.5. The van der Waals surface area contributed by atoms with Crippen molar-refractivity contribution < 1.29 is 9.53 Å². The highest BCUT2D eigenvalue weighted by molar-refractivity contribution is 5.74. The van der Waals surface area contributed by atoms with Crippen LogP contribution in [0.4, 0.5) is 0 Å². The van der Waals surface area contributed by atoms with Crippen LogP contribution in [0.2, 0.25) is 0 Å². The fourth-order valence-corrected chi connectivity index (χ4v) is 1.24. The first-order chi connectivity index (χ1) is 7.11. The maximum Gasteiger partial charge on any atom is 0.325 e. The number of carbonyl (C=O) groups excluding carboxylic acids is 1. The van der Waals surface area contributed by atoms with E-state index in [0.717, 1.165) is 12.0 Å².